The highest BCUT2D eigenvalue weighted by atomic mass is 35.5. The largest absolute Gasteiger partial charge is 0.347 e. The molecule has 0 aliphatic rings. The van der Waals surface area contributed by atoms with Crippen molar-refractivity contribution in [3.8, 4) is 0 Å². The highest BCUT2D eigenvalue weighted by Crippen LogP contribution is 2.17. The molecule has 0 bridgehead atoms. The molecule has 3 amide bonds. The summed E-state index contributed by atoms with van der Waals surface area (Å²) in [7, 11) is 0. The molecule has 0 spiro atoms. The SMILES string of the molecule is O=C(Nc1ccc(F)cc1)Nc1nc(C(=O)NCc2ccccc2Cl)cs1. The van der Waals surface area contributed by atoms with Gasteiger partial charge in [-0.1, -0.05) is 29.8 Å². The van der Waals surface area contributed by atoms with Crippen LogP contribution in [0.15, 0.2) is 53.9 Å². The van der Waals surface area contributed by atoms with Gasteiger partial charge in [-0.25, -0.2) is 14.2 Å². The summed E-state index contributed by atoms with van der Waals surface area (Å²) < 4.78 is 12.9. The Labute approximate surface area is 163 Å². The second-order valence-corrected chi connectivity index (χ2v) is 6.66. The minimum absolute atomic E-state index is 0.184. The summed E-state index contributed by atoms with van der Waals surface area (Å²) in [4.78, 5) is 28.2. The first-order chi connectivity index (χ1) is 13.0. The molecule has 0 radical (unpaired) electrons. The summed E-state index contributed by atoms with van der Waals surface area (Å²) >= 11 is 7.16. The number of benzene rings is 2. The zero-order valence-electron chi connectivity index (χ0n) is 13.8. The Balaban J connectivity index is 1.54. The van der Waals surface area contributed by atoms with Crippen molar-refractivity contribution in [2.75, 3.05) is 10.6 Å². The van der Waals surface area contributed by atoms with Crippen LogP contribution in [0.25, 0.3) is 0 Å². The predicted octanol–water partition coefficient (Wildman–Crippen LogP) is 4.51. The molecule has 0 saturated heterocycles. The van der Waals surface area contributed by atoms with Crippen molar-refractivity contribution in [3.63, 3.8) is 0 Å². The molecule has 6 nitrogen and oxygen atoms in total. The number of rotatable bonds is 5. The molecule has 0 aliphatic heterocycles. The number of amides is 3. The van der Waals surface area contributed by atoms with E-state index in [-0.39, 0.29) is 23.3 Å². The van der Waals surface area contributed by atoms with Crippen molar-refractivity contribution in [1.29, 1.82) is 0 Å². The van der Waals surface area contributed by atoms with Gasteiger partial charge in [-0.2, -0.15) is 0 Å². The van der Waals surface area contributed by atoms with Crippen molar-refractivity contribution in [1.82, 2.24) is 10.3 Å². The van der Waals surface area contributed by atoms with E-state index in [0.29, 0.717) is 10.7 Å². The first-order valence-electron chi connectivity index (χ1n) is 7.82. The number of hydrogen-bond donors (Lipinski definition) is 3. The minimum atomic E-state index is -0.543. The molecule has 0 saturated carbocycles. The Bertz CT molecular complexity index is 962. The van der Waals surface area contributed by atoms with Gasteiger partial charge < -0.3 is 10.6 Å². The second-order valence-electron chi connectivity index (χ2n) is 5.40. The van der Waals surface area contributed by atoms with Gasteiger partial charge in [0.25, 0.3) is 5.91 Å². The van der Waals surface area contributed by atoms with E-state index in [1.807, 2.05) is 18.2 Å². The minimum Gasteiger partial charge on any atom is -0.347 e. The maximum absolute atomic E-state index is 12.9. The molecule has 27 heavy (non-hydrogen) atoms. The van der Waals surface area contributed by atoms with Gasteiger partial charge in [-0.15, -0.1) is 11.3 Å². The maximum atomic E-state index is 12.9. The van der Waals surface area contributed by atoms with E-state index in [0.717, 1.165) is 16.9 Å². The van der Waals surface area contributed by atoms with Crippen molar-refractivity contribution < 1.29 is 14.0 Å². The summed E-state index contributed by atoms with van der Waals surface area (Å²) in [5.41, 5.74) is 1.41. The standard InChI is InChI=1S/C18H14ClFN4O2S/c19-14-4-2-1-3-11(14)9-21-16(25)15-10-27-18(23-15)24-17(26)22-13-7-5-12(20)6-8-13/h1-8,10H,9H2,(H,21,25)(H2,22,23,24,26). The van der Waals surface area contributed by atoms with Crippen LogP contribution in [0.5, 0.6) is 0 Å². The number of halogens is 2. The number of nitrogens with zero attached hydrogens (tertiary/aromatic N) is 1. The highest BCUT2D eigenvalue weighted by molar-refractivity contribution is 7.14. The van der Waals surface area contributed by atoms with Gasteiger partial charge in [-0.3, -0.25) is 10.1 Å². The van der Waals surface area contributed by atoms with E-state index < -0.39 is 11.8 Å². The first-order valence-corrected chi connectivity index (χ1v) is 9.08. The van der Waals surface area contributed by atoms with Crippen LogP contribution in [0.3, 0.4) is 0 Å². The lowest BCUT2D eigenvalue weighted by Crippen LogP contribution is -2.23. The molecule has 3 rings (SSSR count). The maximum Gasteiger partial charge on any atom is 0.325 e. The Hall–Kier alpha value is -2.97. The highest BCUT2D eigenvalue weighted by Gasteiger charge is 2.13. The molecule has 0 unspecified atom stereocenters. The number of thiazole rings is 1. The van der Waals surface area contributed by atoms with E-state index in [9.17, 15) is 14.0 Å². The number of carbonyl (C=O) groups excluding carboxylic acids is 2. The van der Waals surface area contributed by atoms with Crippen LogP contribution < -0.4 is 16.0 Å². The topological polar surface area (TPSA) is 83.1 Å². The second kappa shape index (κ2) is 8.61. The Morgan fingerprint density at radius 1 is 1.07 bits per heavy atom. The number of urea groups is 1. The van der Waals surface area contributed by atoms with Crippen LogP contribution in [0.4, 0.5) is 20.0 Å². The third-order valence-electron chi connectivity index (χ3n) is 3.46. The van der Waals surface area contributed by atoms with E-state index in [4.69, 9.17) is 11.6 Å². The molecule has 0 fully saturated rings. The molecule has 1 aromatic heterocycles. The van der Waals surface area contributed by atoms with Crippen LogP contribution in [0, 0.1) is 5.82 Å². The fourth-order valence-corrected chi connectivity index (χ4v) is 3.02. The van der Waals surface area contributed by atoms with Crippen LogP contribution in [0.2, 0.25) is 5.02 Å². The van der Waals surface area contributed by atoms with Crippen LogP contribution in [0.1, 0.15) is 16.1 Å². The van der Waals surface area contributed by atoms with Crippen molar-refractivity contribution >= 4 is 45.7 Å². The number of carbonyl (C=O) groups is 2. The molecule has 0 atom stereocenters. The van der Waals surface area contributed by atoms with Gasteiger partial charge in [0.2, 0.25) is 0 Å². The van der Waals surface area contributed by atoms with Crippen LogP contribution >= 0.6 is 22.9 Å². The number of nitrogens with one attached hydrogen (secondary N) is 3. The lowest BCUT2D eigenvalue weighted by atomic mass is 10.2. The molecular weight excluding hydrogens is 391 g/mol. The summed E-state index contributed by atoms with van der Waals surface area (Å²) in [5.74, 6) is -0.772. The smallest absolute Gasteiger partial charge is 0.325 e. The molecule has 9 heteroatoms. The average Bonchev–Trinajstić information content (AvgIpc) is 3.11. The van der Waals surface area contributed by atoms with Crippen LogP contribution in [-0.4, -0.2) is 16.9 Å². The monoisotopic (exact) mass is 404 g/mol. The van der Waals surface area contributed by atoms with Gasteiger partial charge in [0.05, 0.1) is 0 Å². The summed E-state index contributed by atoms with van der Waals surface area (Å²) in [6.07, 6.45) is 0. The van der Waals surface area contributed by atoms with Gasteiger partial charge in [0.1, 0.15) is 11.5 Å². The zero-order valence-corrected chi connectivity index (χ0v) is 15.4. The lowest BCUT2D eigenvalue weighted by molar-refractivity contribution is 0.0946. The fraction of sp³-hybridized carbons (Fsp3) is 0.0556. The van der Waals surface area contributed by atoms with E-state index in [1.54, 1.807) is 6.07 Å². The quantitative estimate of drug-likeness (QED) is 0.585. The number of hydrogen-bond acceptors (Lipinski definition) is 4. The van der Waals surface area contributed by atoms with E-state index >= 15 is 0 Å². The van der Waals surface area contributed by atoms with Gasteiger partial charge in [0, 0.05) is 22.6 Å². The first kappa shape index (κ1) is 18.8. The molecule has 3 N–H and O–H groups in total. The molecule has 1 heterocycles. The van der Waals surface area contributed by atoms with Gasteiger partial charge in [0.15, 0.2) is 5.13 Å². The average molecular weight is 405 g/mol. The molecule has 0 aliphatic carbocycles. The Morgan fingerprint density at radius 3 is 2.56 bits per heavy atom. The normalized spacial score (nSPS) is 10.3. The fourth-order valence-electron chi connectivity index (χ4n) is 2.14. The predicted molar refractivity (Wildman–Crippen MR) is 104 cm³/mol. The molecular formula is C18H14ClFN4O2S. The number of anilines is 2. The summed E-state index contributed by atoms with van der Waals surface area (Å²) in [5, 5.41) is 10.2. The van der Waals surface area contributed by atoms with Crippen LogP contribution in [-0.2, 0) is 6.54 Å². The van der Waals surface area contributed by atoms with Crippen molar-refractivity contribution in [2.24, 2.45) is 0 Å². The van der Waals surface area contributed by atoms with E-state index in [1.165, 1.54) is 29.6 Å². The van der Waals surface area contributed by atoms with Crippen molar-refractivity contribution in [2.45, 2.75) is 6.54 Å². The lowest BCUT2D eigenvalue weighted by Gasteiger charge is -2.06. The summed E-state index contributed by atoms with van der Waals surface area (Å²) in [6, 6.07) is 12.0. The van der Waals surface area contributed by atoms with E-state index in [2.05, 4.69) is 20.9 Å². The molecule has 2 aromatic carbocycles. The molecule has 138 valence electrons. The Morgan fingerprint density at radius 2 is 1.81 bits per heavy atom. The molecule has 3 aromatic rings. The Kier molecular flexibility index (Phi) is 6.00. The third kappa shape index (κ3) is 5.25. The third-order valence-corrected chi connectivity index (χ3v) is 4.58. The van der Waals surface area contributed by atoms with Crippen molar-refractivity contribution in [3.05, 3.63) is 76.0 Å². The number of aromatic nitrogens is 1. The zero-order chi connectivity index (χ0) is 19.2. The summed E-state index contributed by atoms with van der Waals surface area (Å²) in [6.45, 7) is 0.268. The van der Waals surface area contributed by atoms with Gasteiger partial charge in [-0.05, 0) is 35.9 Å². The van der Waals surface area contributed by atoms with Gasteiger partial charge >= 0.3 is 6.03 Å².